The Morgan fingerprint density at radius 1 is 1.15 bits per heavy atom. The maximum absolute atomic E-state index is 13.2. The highest BCUT2D eigenvalue weighted by atomic mass is 16.5. The Morgan fingerprint density at radius 3 is 2.42 bits per heavy atom. The van der Waals surface area contributed by atoms with E-state index in [9.17, 15) is 14.4 Å². The molecule has 7 nitrogen and oxygen atoms in total. The number of hydrogen-bond donors (Lipinski definition) is 2. The summed E-state index contributed by atoms with van der Waals surface area (Å²) in [5.41, 5.74) is 1.04. The molecule has 1 aromatic heterocycles. The molecular weight excluding hydrogens is 418 g/mol. The number of rotatable bonds is 8. The molecule has 0 atom stereocenters. The first-order valence-electron chi connectivity index (χ1n) is 12.1. The van der Waals surface area contributed by atoms with Gasteiger partial charge in [0, 0.05) is 35.8 Å². The van der Waals surface area contributed by atoms with Crippen molar-refractivity contribution in [3.05, 3.63) is 30.0 Å². The van der Waals surface area contributed by atoms with Crippen LogP contribution in [-0.4, -0.2) is 53.7 Å². The molecule has 0 spiro atoms. The molecule has 33 heavy (non-hydrogen) atoms. The highest BCUT2D eigenvalue weighted by molar-refractivity contribution is 6.45. The molecule has 3 rings (SSSR count). The number of fused-ring (bicyclic) bond motifs is 1. The molecule has 1 saturated carbocycles. The van der Waals surface area contributed by atoms with Crippen LogP contribution in [0.3, 0.4) is 0 Å². The number of ether oxygens (including phenoxy) is 1. The molecule has 2 aromatic rings. The van der Waals surface area contributed by atoms with E-state index in [1.54, 1.807) is 31.5 Å². The van der Waals surface area contributed by atoms with Crippen LogP contribution in [-0.2, 0) is 9.59 Å². The van der Waals surface area contributed by atoms with Gasteiger partial charge < -0.3 is 19.9 Å². The minimum Gasteiger partial charge on any atom is -0.497 e. The Balaban J connectivity index is 0.00000122. The number of methoxy groups -OCH3 is 1. The summed E-state index contributed by atoms with van der Waals surface area (Å²) in [7, 11) is 1.57. The quantitative estimate of drug-likeness (QED) is 0.444. The van der Waals surface area contributed by atoms with Gasteiger partial charge in [-0.25, -0.2) is 0 Å². The van der Waals surface area contributed by atoms with Crippen molar-refractivity contribution < 1.29 is 19.1 Å². The second-order valence-corrected chi connectivity index (χ2v) is 9.06. The zero-order valence-electron chi connectivity index (χ0n) is 20.7. The number of hydrogen-bond acceptors (Lipinski definition) is 4. The van der Waals surface area contributed by atoms with E-state index in [4.69, 9.17) is 4.74 Å². The van der Waals surface area contributed by atoms with Crippen LogP contribution in [0.25, 0.3) is 10.9 Å². The van der Waals surface area contributed by atoms with E-state index < -0.39 is 11.7 Å². The van der Waals surface area contributed by atoms with Crippen LogP contribution in [0.4, 0.5) is 0 Å². The molecule has 0 unspecified atom stereocenters. The summed E-state index contributed by atoms with van der Waals surface area (Å²) in [5.74, 6) is -0.477. The third-order valence-corrected chi connectivity index (χ3v) is 5.60. The Labute approximate surface area is 197 Å². The largest absolute Gasteiger partial charge is 0.497 e. The van der Waals surface area contributed by atoms with Crippen LogP contribution in [0.5, 0.6) is 5.75 Å². The molecule has 0 aliphatic heterocycles. The number of amides is 2. The molecule has 0 saturated heterocycles. The lowest BCUT2D eigenvalue weighted by Gasteiger charge is -2.29. The normalized spacial score (nSPS) is 13.9. The van der Waals surface area contributed by atoms with Gasteiger partial charge >= 0.3 is 0 Å². The lowest BCUT2D eigenvalue weighted by Crippen LogP contribution is -2.47. The van der Waals surface area contributed by atoms with Gasteiger partial charge in [0.25, 0.3) is 11.7 Å². The molecule has 0 radical (unpaired) electrons. The molecule has 7 heteroatoms. The van der Waals surface area contributed by atoms with Gasteiger partial charge in [0.2, 0.25) is 5.91 Å². The molecule has 1 aliphatic rings. The first-order valence-corrected chi connectivity index (χ1v) is 12.1. The number of Topliss-reactive ketones (excluding diaryl/α,β-unsaturated/α-hetero) is 1. The van der Waals surface area contributed by atoms with Crippen molar-refractivity contribution in [2.24, 2.45) is 5.92 Å². The highest BCUT2D eigenvalue weighted by Crippen LogP contribution is 2.26. The lowest BCUT2D eigenvalue weighted by atomic mass is 9.89. The number of carbonyl (C=O) groups is 3. The van der Waals surface area contributed by atoms with Gasteiger partial charge in [-0.1, -0.05) is 39.5 Å². The average Bonchev–Trinajstić information content (AvgIpc) is 3.21. The number of aromatic nitrogens is 1. The van der Waals surface area contributed by atoms with Crippen molar-refractivity contribution in [2.75, 3.05) is 20.2 Å². The van der Waals surface area contributed by atoms with Gasteiger partial charge in [0.05, 0.1) is 19.2 Å². The van der Waals surface area contributed by atoms with E-state index >= 15 is 0 Å². The fourth-order valence-electron chi connectivity index (χ4n) is 4.12. The zero-order chi connectivity index (χ0) is 24.4. The number of ketones is 1. The molecule has 1 heterocycles. The maximum Gasteiger partial charge on any atom is 0.295 e. The molecule has 1 aliphatic carbocycles. The van der Waals surface area contributed by atoms with Crippen molar-refractivity contribution in [2.45, 2.75) is 72.3 Å². The van der Waals surface area contributed by atoms with Crippen molar-refractivity contribution >= 4 is 28.5 Å². The van der Waals surface area contributed by atoms with E-state index in [-0.39, 0.29) is 18.5 Å². The zero-order valence-corrected chi connectivity index (χ0v) is 20.7. The minimum absolute atomic E-state index is 0.0246. The fraction of sp³-hybridized carbons (Fsp3) is 0.577. The predicted molar refractivity (Wildman–Crippen MR) is 132 cm³/mol. The maximum atomic E-state index is 13.2. The molecule has 2 N–H and O–H groups in total. The van der Waals surface area contributed by atoms with E-state index in [1.165, 1.54) is 17.7 Å². The molecule has 0 bridgehead atoms. The first kappa shape index (κ1) is 26.4. The van der Waals surface area contributed by atoms with Crippen LogP contribution in [0.15, 0.2) is 24.4 Å². The second kappa shape index (κ2) is 13.0. The molecule has 1 aromatic carbocycles. The third-order valence-electron chi connectivity index (χ3n) is 5.60. The van der Waals surface area contributed by atoms with Crippen LogP contribution in [0, 0.1) is 5.92 Å². The van der Waals surface area contributed by atoms with Crippen LogP contribution < -0.4 is 10.1 Å². The monoisotopic (exact) mass is 457 g/mol. The van der Waals surface area contributed by atoms with Gasteiger partial charge in [-0.05, 0) is 44.7 Å². The van der Waals surface area contributed by atoms with Crippen LogP contribution in [0.2, 0.25) is 0 Å². The van der Waals surface area contributed by atoms with E-state index in [1.807, 2.05) is 13.8 Å². The van der Waals surface area contributed by atoms with Crippen molar-refractivity contribution in [1.29, 1.82) is 0 Å². The van der Waals surface area contributed by atoms with Crippen molar-refractivity contribution in [3.63, 3.8) is 0 Å². The standard InChI is InChI=1S/C23H31N3O4.C3H8/c1-15(2)25-21(27)14-26(13-16-7-5-4-6-8-16)23(29)22(28)19-12-24-20-11-17(30-3)9-10-18(19)20;1-3-2/h9-12,15-16,24H,4-8,13-14H2,1-3H3,(H,25,27);3H2,1-2H3. The number of aromatic amines is 1. The summed E-state index contributed by atoms with van der Waals surface area (Å²) in [4.78, 5) is 43.1. The lowest BCUT2D eigenvalue weighted by molar-refractivity contribution is -0.133. The smallest absolute Gasteiger partial charge is 0.295 e. The van der Waals surface area contributed by atoms with E-state index in [2.05, 4.69) is 24.1 Å². The van der Waals surface area contributed by atoms with E-state index in [0.717, 1.165) is 31.2 Å². The number of nitrogens with one attached hydrogen (secondary N) is 2. The molecule has 182 valence electrons. The van der Waals surface area contributed by atoms with Crippen LogP contribution in [0.1, 0.15) is 76.6 Å². The molecule has 1 fully saturated rings. The number of nitrogens with zero attached hydrogens (tertiary/aromatic N) is 1. The Kier molecular flexibility index (Phi) is 10.4. The van der Waals surface area contributed by atoms with E-state index in [0.29, 0.717) is 29.2 Å². The predicted octanol–water partition coefficient (Wildman–Crippen LogP) is 4.71. The third kappa shape index (κ3) is 7.62. The Bertz CT molecular complexity index is 929. The van der Waals surface area contributed by atoms with Gasteiger partial charge in [-0.15, -0.1) is 0 Å². The SMILES string of the molecule is CCC.COc1ccc2c(C(=O)C(=O)N(CC(=O)NC(C)C)CC3CCCCC3)c[nH]c2c1. The Hall–Kier alpha value is -2.83. The summed E-state index contributed by atoms with van der Waals surface area (Å²) in [6, 6.07) is 5.28. The van der Waals surface area contributed by atoms with Crippen molar-refractivity contribution in [1.82, 2.24) is 15.2 Å². The van der Waals surface area contributed by atoms with Gasteiger partial charge in [-0.2, -0.15) is 0 Å². The minimum atomic E-state index is -0.629. The summed E-state index contributed by atoms with van der Waals surface area (Å²) in [6.07, 6.45) is 8.31. The summed E-state index contributed by atoms with van der Waals surface area (Å²) in [5, 5.41) is 3.48. The number of H-pyrrole nitrogens is 1. The van der Waals surface area contributed by atoms with Crippen molar-refractivity contribution in [3.8, 4) is 5.75 Å². The highest BCUT2D eigenvalue weighted by Gasteiger charge is 2.29. The fourth-order valence-corrected chi connectivity index (χ4v) is 4.12. The average molecular weight is 458 g/mol. The van der Waals surface area contributed by atoms with Gasteiger partial charge in [0.15, 0.2) is 0 Å². The van der Waals surface area contributed by atoms with Gasteiger partial charge in [-0.3, -0.25) is 14.4 Å². The topological polar surface area (TPSA) is 91.5 Å². The summed E-state index contributed by atoms with van der Waals surface area (Å²) in [6.45, 7) is 8.33. The van der Waals surface area contributed by atoms with Gasteiger partial charge in [0.1, 0.15) is 5.75 Å². The number of benzene rings is 1. The summed E-state index contributed by atoms with van der Waals surface area (Å²) < 4.78 is 5.21. The van der Waals surface area contributed by atoms with Crippen LogP contribution >= 0.6 is 0 Å². The second-order valence-electron chi connectivity index (χ2n) is 9.06. The first-order chi connectivity index (χ1) is 15.8. The molecular formula is C26H39N3O4. The Morgan fingerprint density at radius 2 is 1.82 bits per heavy atom. The number of carbonyl (C=O) groups excluding carboxylic acids is 3. The summed E-state index contributed by atoms with van der Waals surface area (Å²) >= 11 is 0. The molecule has 2 amide bonds.